The van der Waals surface area contributed by atoms with Crippen molar-refractivity contribution in [3.05, 3.63) is 41.2 Å². The standard InChI is InChI=1S/C12H13N5O3/c13-12-15-9(16-17-12)10(18)14-5-4-7-2-1-3-8(6-7)11(19)20/h1-3,6H,4-5H2,(H,14,18)(H,19,20)(H3,13,15,16,17). The summed E-state index contributed by atoms with van der Waals surface area (Å²) in [6, 6.07) is 6.55. The van der Waals surface area contributed by atoms with Crippen LogP contribution < -0.4 is 11.1 Å². The van der Waals surface area contributed by atoms with Gasteiger partial charge in [0, 0.05) is 6.54 Å². The third kappa shape index (κ3) is 3.31. The number of amides is 1. The number of nitrogen functional groups attached to an aromatic ring is 1. The number of carboxylic acid groups (broad SMARTS) is 1. The summed E-state index contributed by atoms with van der Waals surface area (Å²) in [6.07, 6.45) is 0.510. The molecule has 0 unspecified atom stereocenters. The Morgan fingerprint density at radius 1 is 1.40 bits per heavy atom. The number of nitrogens with zero attached hydrogens (tertiary/aromatic N) is 2. The Bertz CT molecular complexity index is 638. The first kappa shape index (κ1) is 13.5. The van der Waals surface area contributed by atoms with Crippen molar-refractivity contribution in [2.24, 2.45) is 0 Å². The minimum Gasteiger partial charge on any atom is -0.478 e. The van der Waals surface area contributed by atoms with Crippen molar-refractivity contribution in [3.8, 4) is 0 Å². The minimum absolute atomic E-state index is 0.00399. The van der Waals surface area contributed by atoms with Crippen LogP contribution in [-0.2, 0) is 6.42 Å². The first-order valence-electron chi connectivity index (χ1n) is 5.84. The number of H-pyrrole nitrogens is 1. The quantitative estimate of drug-likeness (QED) is 0.609. The molecule has 104 valence electrons. The summed E-state index contributed by atoms with van der Waals surface area (Å²) in [5.74, 6) is -1.34. The van der Waals surface area contributed by atoms with Crippen LogP contribution in [0.3, 0.4) is 0 Å². The minimum atomic E-state index is -0.979. The highest BCUT2D eigenvalue weighted by molar-refractivity contribution is 5.90. The van der Waals surface area contributed by atoms with Crippen molar-refractivity contribution in [2.45, 2.75) is 6.42 Å². The third-order valence-electron chi connectivity index (χ3n) is 2.59. The van der Waals surface area contributed by atoms with Crippen molar-refractivity contribution in [3.63, 3.8) is 0 Å². The van der Waals surface area contributed by atoms with Crippen molar-refractivity contribution >= 4 is 17.8 Å². The summed E-state index contributed by atoms with van der Waals surface area (Å²) in [6.45, 7) is 0.350. The summed E-state index contributed by atoms with van der Waals surface area (Å²) in [4.78, 5) is 26.1. The lowest BCUT2D eigenvalue weighted by atomic mass is 10.1. The fourth-order valence-electron chi connectivity index (χ4n) is 1.64. The molecule has 1 heterocycles. The second-order valence-electron chi connectivity index (χ2n) is 4.05. The molecule has 5 N–H and O–H groups in total. The predicted octanol–water partition coefficient (Wildman–Crippen LogP) is 0.0576. The van der Waals surface area contributed by atoms with Gasteiger partial charge in [0.1, 0.15) is 0 Å². The molecule has 0 spiro atoms. The molecule has 2 aromatic rings. The Labute approximate surface area is 114 Å². The van der Waals surface area contributed by atoms with Gasteiger partial charge in [-0.3, -0.25) is 9.89 Å². The Balaban J connectivity index is 1.88. The van der Waals surface area contributed by atoms with E-state index in [0.29, 0.717) is 13.0 Å². The summed E-state index contributed by atoms with van der Waals surface area (Å²) in [7, 11) is 0. The van der Waals surface area contributed by atoms with E-state index in [-0.39, 0.29) is 17.3 Å². The lowest BCUT2D eigenvalue weighted by Crippen LogP contribution is -2.26. The number of aromatic nitrogens is 3. The van der Waals surface area contributed by atoms with Gasteiger partial charge in [0.05, 0.1) is 5.56 Å². The molecule has 0 radical (unpaired) electrons. The zero-order chi connectivity index (χ0) is 14.5. The molecule has 0 aliphatic rings. The number of carboxylic acids is 1. The smallest absolute Gasteiger partial charge is 0.335 e. The number of aromatic carboxylic acids is 1. The maximum Gasteiger partial charge on any atom is 0.335 e. The zero-order valence-electron chi connectivity index (χ0n) is 10.5. The van der Waals surface area contributed by atoms with Gasteiger partial charge in [-0.25, -0.2) is 4.79 Å². The summed E-state index contributed by atoms with van der Waals surface area (Å²) in [5, 5.41) is 17.5. The van der Waals surface area contributed by atoms with Gasteiger partial charge in [-0.15, -0.1) is 5.10 Å². The Morgan fingerprint density at radius 3 is 2.85 bits per heavy atom. The van der Waals surface area contributed by atoms with Crippen molar-refractivity contribution in [1.82, 2.24) is 20.5 Å². The SMILES string of the molecule is Nc1n[nH]c(C(=O)NCCc2cccc(C(=O)O)c2)n1. The van der Waals surface area contributed by atoms with Crippen LogP contribution in [0.15, 0.2) is 24.3 Å². The van der Waals surface area contributed by atoms with E-state index in [9.17, 15) is 9.59 Å². The van der Waals surface area contributed by atoms with Gasteiger partial charge in [-0.2, -0.15) is 4.98 Å². The number of carbonyl (C=O) groups is 2. The monoisotopic (exact) mass is 275 g/mol. The highest BCUT2D eigenvalue weighted by atomic mass is 16.4. The number of rotatable bonds is 5. The lowest BCUT2D eigenvalue weighted by molar-refractivity contribution is 0.0696. The van der Waals surface area contributed by atoms with Gasteiger partial charge >= 0.3 is 5.97 Å². The number of nitrogens with one attached hydrogen (secondary N) is 2. The van der Waals surface area contributed by atoms with Gasteiger partial charge < -0.3 is 16.2 Å². The molecule has 1 amide bonds. The lowest BCUT2D eigenvalue weighted by Gasteiger charge is -2.04. The molecular formula is C12H13N5O3. The van der Waals surface area contributed by atoms with E-state index in [2.05, 4.69) is 20.5 Å². The molecule has 8 nitrogen and oxygen atoms in total. The molecule has 0 aliphatic heterocycles. The van der Waals surface area contributed by atoms with Crippen LogP contribution >= 0.6 is 0 Å². The molecule has 0 fully saturated rings. The number of anilines is 1. The normalized spacial score (nSPS) is 10.2. The molecule has 0 bridgehead atoms. The summed E-state index contributed by atoms with van der Waals surface area (Å²) in [5.41, 5.74) is 6.33. The maximum absolute atomic E-state index is 11.6. The van der Waals surface area contributed by atoms with Crippen LogP contribution in [0.1, 0.15) is 26.5 Å². The number of hydrogen-bond donors (Lipinski definition) is 4. The van der Waals surface area contributed by atoms with Crippen molar-refractivity contribution in [2.75, 3.05) is 12.3 Å². The van der Waals surface area contributed by atoms with Crippen LogP contribution in [-0.4, -0.2) is 38.7 Å². The number of hydrogen-bond acceptors (Lipinski definition) is 5. The highest BCUT2D eigenvalue weighted by Crippen LogP contribution is 2.05. The molecule has 2 rings (SSSR count). The average molecular weight is 275 g/mol. The first-order chi connectivity index (χ1) is 9.56. The van der Waals surface area contributed by atoms with E-state index in [1.807, 2.05) is 0 Å². The second kappa shape index (κ2) is 5.83. The van der Waals surface area contributed by atoms with Gasteiger partial charge in [-0.1, -0.05) is 12.1 Å². The fourth-order valence-corrected chi connectivity index (χ4v) is 1.64. The topological polar surface area (TPSA) is 134 Å². The van der Waals surface area contributed by atoms with Gasteiger partial charge in [0.2, 0.25) is 11.8 Å². The van der Waals surface area contributed by atoms with E-state index in [4.69, 9.17) is 10.8 Å². The molecule has 0 saturated heterocycles. The third-order valence-corrected chi connectivity index (χ3v) is 2.59. The van der Waals surface area contributed by atoms with E-state index in [0.717, 1.165) is 5.56 Å². The maximum atomic E-state index is 11.6. The fraction of sp³-hybridized carbons (Fsp3) is 0.167. The van der Waals surface area contributed by atoms with E-state index in [1.165, 1.54) is 6.07 Å². The van der Waals surface area contributed by atoms with E-state index < -0.39 is 11.9 Å². The van der Waals surface area contributed by atoms with Crippen LogP contribution in [0.2, 0.25) is 0 Å². The Kier molecular flexibility index (Phi) is 3.94. The molecular weight excluding hydrogens is 262 g/mol. The van der Waals surface area contributed by atoms with Gasteiger partial charge in [-0.05, 0) is 24.1 Å². The number of aromatic amines is 1. The number of nitrogens with two attached hydrogens (primary N) is 1. The van der Waals surface area contributed by atoms with Crippen LogP contribution in [0.5, 0.6) is 0 Å². The first-order valence-corrected chi connectivity index (χ1v) is 5.84. The average Bonchev–Trinajstić information content (AvgIpc) is 2.86. The molecule has 20 heavy (non-hydrogen) atoms. The molecule has 0 aliphatic carbocycles. The number of carbonyl (C=O) groups excluding carboxylic acids is 1. The molecule has 1 aromatic heterocycles. The van der Waals surface area contributed by atoms with Gasteiger partial charge in [0.15, 0.2) is 0 Å². The zero-order valence-corrected chi connectivity index (χ0v) is 10.5. The molecule has 1 aromatic carbocycles. The summed E-state index contributed by atoms with van der Waals surface area (Å²) >= 11 is 0. The second-order valence-corrected chi connectivity index (χ2v) is 4.05. The van der Waals surface area contributed by atoms with Crippen LogP contribution in [0, 0.1) is 0 Å². The van der Waals surface area contributed by atoms with Crippen LogP contribution in [0.4, 0.5) is 5.95 Å². The highest BCUT2D eigenvalue weighted by Gasteiger charge is 2.10. The van der Waals surface area contributed by atoms with Crippen molar-refractivity contribution in [1.29, 1.82) is 0 Å². The van der Waals surface area contributed by atoms with E-state index >= 15 is 0 Å². The molecule has 0 atom stereocenters. The van der Waals surface area contributed by atoms with E-state index in [1.54, 1.807) is 18.2 Å². The molecule has 0 saturated carbocycles. The summed E-state index contributed by atoms with van der Waals surface area (Å²) < 4.78 is 0. The number of benzene rings is 1. The largest absolute Gasteiger partial charge is 0.478 e. The molecule has 8 heteroatoms. The Hall–Kier alpha value is -2.90. The Morgan fingerprint density at radius 2 is 2.20 bits per heavy atom. The van der Waals surface area contributed by atoms with Crippen molar-refractivity contribution < 1.29 is 14.7 Å². The van der Waals surface area contributed by atoms with Crippen LogP contribution in [0.25, 0.3) is 0 Å². The van der Waals surface area contributed by atoms with Gasteiger partial charge in [0.25, 0.3) is 5.91 Å². The predicted molar refractivity (Wildman–Crippen MR) is 70.2 cm³/mol.